The van der Waals surface area contributed by atoms with Gasteiger partial charge in [-0.05, 0) is 18.9 Å². The zero-order valence-electron chi connectivity index (χ0n) is 11.3. The van der Waals surface area contributed by atoms with Crippen molar-refractivity contribution in [1.29, 1.82) is 0 Å². The van der Waals surface area contributed by atoms with Crippen LogP contribution in [0.3, 0.4) is 0 Å². The van der Waals surface area contributed by atoms with Gasteiger partial charge in [-0.1, -0.05) is 32.0 Å². The van der Waals surface area contributed by atoms with Gasteiger partial charge in [0.25, 0.3) is 0 Å². The Balaban J connectivity index is 2.17. The molecule has 1 amide bonds. The maximum atomic E-state index is 12.2. The Morgan fingerprint density at radius 1 is 1.44 bits per heavy atom. The van der Waals surface area contributed by atoms with Crippen LogP contribution >= 0.6 is 0 Å². The van der Waals surface area contributed by atoms with Crippen molar-refractivity contribution in [3.8, 4) is 5.75 Å². The van der Waals surface area contributed by atoms with Crippen molar-refractivity contribution in [2.75, 3.05) is 6.54 Å². The van der Waals surface area contributed by atoms with E-state index in [1.807, 2.05) is 36.1 Å². The van der Waals surface area contributed by atoms with Gasteiger partial charge in [-0.2, -0.15) is 0 Å². The highest BCUT2D eigenvalue weighted by atomic mass is 16.5. The lowest BCUT2D eigenvalue weighted by Crippen LogP contribution is -2.36. The lowest BCUT2D eigenvalue weighted by atomic mass is 10.1. The Labute approximate surface area is 109 Å². The third kappa shape index (κ3) is 3.03. The maximum Gasteiger partial charge on any atom is 0.223 e. The molecule has 0 bridgehead atoms. The summed E-state index contributed by atoms with van der Waals surface area (Å²) < 4.78 is 5.85. The second-order valence-corrected chi connectivity index (χ2v) is 5.41. The number of carbonyl (C=O) groups excluding carboxylic acids is 1. The van der Waals surface area contributed by atoms with Crippen molar-refractivity contribution < 1.29 is 9.53 Å². The van der Waals surface area contributed by atoms with Crippen molar-refractivity contribution in [1.82, 2.24) is 4.90 Å². The third-order valence-electron chi connectivity index (χ3n) is 3.08. The van der Waals surface area contributed by atoms with E-state index in [0.29, 0.717) is 25.4 Å². The molecule has 1 heterocycles. The number of para-hydroxylation sites is 1. The number of hydrogen-bond acceptors (Lipinski definition) is 2. The van der Waals surface area contributed by atoms with E-state index in [1.54, 1.807) is 0 Å². The summed E-state index contributed by atoms with van der Waals surface area (Å²) in [6.45, 7) is 7.48. The SMILES string of the molecule is CC(C)CC(=O)N1Cc2ccccc2OC(C)C1. The summed E-state index contributed by atoms with van der Waals surface area (Å²) in [4.78, 5) is 14.1. The lowest BCUT2D eigenvalue weighted by molar-refractivity contribution is -0.133. The van der Waals surface area contributed by atoms with E-state index in [1.165, 1.54) is 0 Å². The molecule has 0 radical (unpaired) electrons. The van der Waals surface area contributed by atoms with Crippen LogP contribution in [0.2, 0.25) is 0 Å². The second-order valence-electron chi connectivity index (χ2n) is 5.41. The fourth-order valence-electron chi connectivity index (χ4n) is 2.25. The van der Waals surface area contributed by atoms with Gasteiger partial charge in [0, 0.05) is 18.5 Å². The quantitative estimate of drug-likeness (QED) is 0.804. The summed E-state index contributed by atoms with van der Waals surface area (Å²) in [6, 6.07) is 7.96. The van der Waals surface area contributed by atoms with Gasteiger partial charge in [0.05, 0.1) is 6.54 Å². The molecule has 3 heteroatoms. The van der Waals surface area contributed by atoms with Gasteiger partial charge in [-0.15, -0.1) is 0 Å². The van der Waals surface area contributed by atoms with Gasteiger partial charge >= 0.3 is 0 Å². The molecule has 1 aliphatic heterocycles. The zero-order chi connectivity index (χ0) is 13.1. The van der Waals surface area contributed by atoms with E-state index in [2.05, 4.69) is 13.8 Å². The number of ether oxygens (including phenoxy) is 1. The van der Waals surface area contributed by atoms with E-state index in [0.717, 1.165) is 11.3 Å². The molecule has 1 aromatic carbocycles. The van der Waals surface area contributed by atoms with Gasteiger partial charge in [0.2, 0.25) is 5.91 Å². The Bertz CT molecular complexity index is 428. The molecule has 18 heavy (non-hydrogen) atoms. The minimum Gasteiger partial charge on any atom is -0.489 e. The predicted octanol–water partition coefficient (Wildman–Crippen LogP) is 2.84. The normalized spacial score (nSPS) is 19.1. The molecule has 0 spiro atoms. The molecule has 98 valence electrons. The van der Waals surface area contributed by atoms with Crippen LogP contribution in [0.15, 0.2) is 24.3 Å². The summed E-state index contributed by atoms with van der Waals surface area (Å²) in [5.74, 6) is 1.52. The Morgan fingerprint density at radius 2 is 2.17 bits per heavy atom. The van der Waals surface area contributed by atoms with E-state index in [4.69, 9.17) is 4.74 Å². The van der Waals surface area contributed by atoms with Gasteiger partial charge in [-0.3, -0.25) is 4.79 Å². The highest BCUT2D eigenvalue weighted by Crippen LogP contribution is 2.25. The molecule has 0 fully saturated rings. The second kappa shape index (κ2) is 5.42. The van der Waals surface area contributed by atoms with E-state index in [9.17, 15) is 4.79 Å². The first-order valence-corrected chi connectivity index (χ1v) is 6.58. The molecular weight excluding hydrogens is 226 g/mol. The van der Waals surface area contributed by atoms with Crippen LogP contribution < -0.4 is 4.74 Å². The smallest absolute Gasteiger partial charge is 0.223 e. The Morgan fingerprint density at radius 3 is 2.89 bits per heavy atom. The van der Waals surface area contributed by atoms with E-state index >= 15 is 0 Å². The average Bonchev–Trinajstić information content (AvgIpc) is 2.45. The van der Waals surface area contributed by atoms with E-state index < -0.39 is 0 Å². The number of amides is 1. The fraction of sp³-hybridized carbons (Fsp3) is 0.533. The van der Waals surface area contributed by atoms with Crippen LogP contribution in [-0.4, -0.2) is 23.5 Å². The molecule has 1 unspecified atom stereocenters. The zero-order valence-corrected chi connectivity index (χ0v) is 11.3. The highest BCUT2D eigenvalue weighted by molar-refractivity contribution is 5.76. The number of carbonyl (C=O) groups is 1. The lowest BCUT2D eigenvalue weighted by Gasteiger charge is -2.23. The molecule has 0 aliphatic carbocycles. The highest BCUT2D eigenvalue weighted by Gasteiger charge is 2.23. The minimum absolute atomic E-state index is 0.0461. The third-order valence-corrected chi connectivity index (χ3v) is 3.08. The number of hydrogen-bond donors (Lipinski definition) is 0. The molecule has 0 N–H and O–H groups in total. The van der Waals surface area contributed by atoms with Crippen LogP contribution in [0.5, 0.6) is 5.75 Å². The Hall–Kier alpha value is -1.51. The summed E-state index contributed by atoms with van der Waals surface area (Å²) in [5, 5.41) is 0. The molecule has 0 aromatic heterocycles. The van der Waals surface area contributed by atoms with Crippen molar-refractivity contribution in [3.63, 3.8) is 0 Å². The summed E-state index contributed by atoms with van der Waals surface area (Å²) in [5.41, 5.74) is 1.10. The monoisotopic (exact) mass is 247 g/mol. The first-order valence-electron chi connectivity index (χ1n) is 6.58. The van der Waals surface area contributed by atoms with Crippen molar-refractivity contribution >= 4 is 5.91 Å². The molecule has 0 saturated carbocycles. The van der Waals surface area contributed by atoms with Crippen molar-refractivity contribution in [2.24, 2.45) is 5.92 Å². The van der Waals surface area contributed by atoms with Crippen molar-refractivity contribution in [3.05, 3.63) is 29.8 Å². The summed E-state index contributed by atoms with van der Waals surface area (Å²) in [7, 11) is 0. The molecule has 0 saturated heterocycles. The maximum absolute atomic E-state index is 12.2. The molecule has 1 aliphatic rings. The molecule has 3 nitrogen and oxygen atoms in total. The first-order chi connectivity index (χ1) is 8.56. The van der Waals surface area contributed by atoms with Gasteiger partial charge in [0.1, 0.15) is 11.9 Å². The van der Waals surface area contributed by atoms with E-state index in [-0.39, 0.29) is 12.0 Å². The first kappa shape index (κ1) is 12.9. The Kier molecular flexibility index (Phi) is 3.90. The molecular formula is C15H21NO2. The standard InChI is InChI=1S/C15H21NO2/c1-11(2)8-15(17)16-9-12(3)18-14-7-5-4-6-13(14)10-16/h4-7,11-12H,8-10H2,1-3H3. The molecule has 2 rings (SSSR count). The average molecular weight is 247 g/mol. The van der Waals surface area contributed by atoms with Crippen LogP contribution in [0.25, 0.3) is 0 Å². The van der Waals surface area contributed by atoms with Gasteiger partial charge in [-0.25, -0.2) is 0 Å². The number of fused-ring (bicyclic) bond motifs is 1. The number of benzene rings is 1. The summed E-state index contributed by atoms with van der Waals surface area (Å²) >= 11 is 0. The van der Waals surface area contributed by atoms with Gasteiger partial charge in [0.15, 0.2) is 0 Å². The topological polar surface area (TPSA) is 29.5 Å². The predicted molar refractivity (Wildman–Crippen MR) is 71.4 cm³/mol. The van der Waals surface area contributed by atoms with Crippen LogP contribution in [0.4, 0.5) is 0 Å². The molecule has 1 atom stereocenters. The van der Waals surface area contributed by atoms with Crippen LogP contribution in [0.1, 0.15) is 32.8 Å². The summed E-state index contributed by atoms with van der Waals surface area (Å²) in [6.07, 6.45) is 0.652. The van der Waals surface area contributed by atoms with Crippen molar-refractivity contribution in [2.45, 2.75) is 39.8 Å². The largest absolute Gasteiger partial charge is 0.489 e. The van der Waals surface area contributed by atoms with Gasteiger partial charge < -0.3 is 9.64 Å². The fourth-order valence-corrected chi connectivity index (χ4v) is 2.25. The van der Waals surface area contributed by atoms with Crippen LogP contribution in [-0.2, 0) is 11.3 Å². The number of rotatable bonds is 2. The number of nitrogens with zero attached hydrogens (tertiary/aromatic N) is 1. The minimum atomic E-state index is 0.0461. The van der Waals surface area contributed by atoms with Crippen LogP contribution in [0, 0.1) is 5.92 Å². The molecule has 1 aromatic rings.